The lowest BCUT2D eigenvalue weighted by molar-refractivity contribution is 0.0963. The number of aromatic nitrogens is 1. The predicted octanol–water partition coefficient (Wildman–Crippen LogP) is 3.17. The monoisotopic (exact) mass is 347 g/mol. The fourth-order valence-corrected chi connectivity index (χ4v) is 2.20. The average Bonchev–Trinajstić information content (AvgIpc) is 2.50. The van der Waals surface area contributed by atoms with Gasteiger partial charge in [-0.1, -0.05) is 12.1 Å². The van der Waals surface area contributed by atoms with Crippen molar-refractivity contribution in [3.63, 3.8) is 0 Å². The number of rotatable bonds is 5. The Morgan fingerprint density at radius 2 is 2.14 bits per heavy atom. The van der Waals surface area contributed by atoms with Crippen molar-refractivity contribution >= 4 is 27.7 Å². The van der Waals surface area contributed by atoms with Gasteiger partial charge in [-0.25, -0.2) is 4.98 Å². The molecule has 5 heteroatoms. The normalized spacial score (nSPS) is 10.2. The van der Waals surface area contributed by atoms with E-state index in [9.17, 15) is 4.79 Å². The van der Waals surface area contributed by atoms with E-state index in [1.807, 2.05) is 37.3 Å². The average molecular weight is 348 g/mol. The summed E-state index contributed by atoms with van der Waals surface area (Å²) >= 11 is 3.43. The first-order chi connectivity index (χ1) is 10.1. The molecule has 4 nitrogen and oxygen atoms in total. The molecule has 0 atom stereocenters. The number of anilines is 1. The Hall–Kier alpha value is -1.88. The van der Waals surface area contributed by atoms with E-state index < -0.39 is 0 Å². The van der Waals surface area contributed by atoms with Crippen LogP contribution in [0.2, 0.25) is 0 Å². The first kappa shape index (κ1) is 15.5. The van der Waals surface area contributed by atoms with Crippen molar-refractivity contribution in [3.8, 4) is 0 Å². The minimum absolute atomic E-state index is 0.0602. The highest BCUT2D eigenvalue weighted by Gasteiger charge is 2.04. The molecule has 0 radical (unpaired) electrons. The Morgan fingerprint density at radius 1 is 1.33 bits per heavy atom. The van der Waals surface area contributed by atoms with Gasteiger partial charge in [0.1, 0.15) is 5.82 Å². The van der Waals surface area contributed by atoms with Crippen LogP contribution >= 0.6 is 15.9 Å². The zero-order valence-electron chi connectivity index (χ0n) is 12.1. The first-order valence-corrected chi connectivity index (χ1v) is 7.56. The quantitative estimate of drug-likeness (QED) is 0.873. The van der Waals surface area contributed by atoms with E-state index in [4.69, 9.17) is 0 Å². The summed E-state index contributed by atoms with van der Waals surface area (Å²) < 4.78 is 1.01. The topological polar surface area (TPSA) is 54.0 Å². The van der Waals surface area contributed by atoms with Gasteiger partial charge < -0.3 is 10.6 Å². The van der Waals surface area contributed by atoms with E-state index in [0.29, 0.717) is 5.56 Å². The summed E-state index contributed by atoms with van der Waals surface area (Å²) in [6, 6.07) is 9.66. The fourth-order valence-electron chi connectivity index (χ4n) is 1.98. The third kappa shape index (κ3) is 4.29. The van der Waals surface area contributed by atoms with Crippen molar-refractivity contribution in [2.24, 2.45) is 0 Å². The Balaban J connectivity index is 1.94. The second kappa shape index (κ2) is 7.22. The summed E-state index contributed by atoms with van der Waals surface area (Å²) in [5.41, 5.74) is 2.96. The van der Waals surface area contributed by atoms with Gasteiger partial charge >= 0.3 is 0 Å². The second-order valence-electron chi connectivity index (χ2n) is 4.78. The Kier molecular flexibility index (Phi) is 5.33. The molecule has 1 aromatic heterocycles. The molecule has 2 aromatic rings. The molecule has 110 valence electrons. The second-order valence-corrected chi connectivity index (χ2v) is 5.63. The molecule has 0 saturated carbocycles. The minimum atomic E-state index is -0.0602. The summed E-state index contributed by atoms with van der Waals surface area (Å²) in [5.74, 6) is 0.799. The van der Waals surface area contributed by atoms with Gasteiger partial charge in [0.2, 0.25) is 0 Å². The van der Waals surface area contributed by atoms with Gasteiger partial charge in [-0.15, -0.1) is 0 Å². The first-order valence-electron chi connectivity index (χ1n) is 6.77. The number of nitrogens with zero attached hydrogens (tertiary/aromatic N) is 1. The Morgan fingerprint density at radius 3 is 2.86 bits per heavy atom. The van der Waals surface area contributed by atoms with E-state index in [1.54, 1.807) is 13.2 Å². The smallest absolute Gasteiger partial charge is 0.251 e. The molecule has 0 aliphatic rings. The highest BCUT2D eigenvalue weighted by molar-refractivity contribution is 9.10. The summed E-state index contributed by atoms with van der Waals surface area (Å²) in [6.07, 6.45) is 2.63. The largest absolute Gasteiger partial charge is 0.370 e. The molecule has 2 rings (SSSR count). The van der Waals surface area contributed by atoms with Crippen LogP contribution in [0, 0.1) is 6.92 Å². The lowest BCUT2D eigenvalue weighted by Crippen LogP contribution is -2.18. The van der Waals surface area contributed by atoms with Crippen molar-refractivity contribution in [2.75, 3.05) is 18.9 Å². The highest BCUT2D eigenvalue weighted by Crippen LogP contribution is 2.17. The van der Waals surface area contributed by atoms with Gasteiger partial charge in [0.15, 0.2) is 0 Å². The van der Waals surface area contributed by atoms with E-state index in [2.05, 4.69) is 31.5 Å². The zero-order chi connectivity index (χ0) is 15.2. The number of hydrogen-bond acceptors (Lipinski definition) is 3. The van der Waals surface area contributed by atoms with Gasteiger partial charge in [-0.3, -0.25) is 4.79 Å². The maximum atomic E-state index is 11.6. The number of amides is 1. The predicted molar refractivity (Wildman–Crippen MR) is 88.7 cm³/mol. The molecule has 0 aliphatic carbocycles. The number of aryl methyl sites for hydroxylation is 1. The van der Waals surface area contributed by atoms with Crippen LogP contribution in [0.1, 0.15) is 21.5 Å². The van der Waals surface area contributed by atoms with Gasteiger partial charge in [0.25, 0.3) is 5.91 Å². The summed E-state index contributed by atoms with van der Waals surface area (Å²) in [4.78, 5) is 15.9. The van der Waals surface area contributed by atoms with Crippen molar-refractivity contribution in [1.29, 1.82) is 0 Å². The summed E-state index contributed by atoms with van der Waals surface area (Å²) in [5, 5.41) is 5.92. The van der Waals surface area contributed by atoms with Gasteiger partial charge in [0, 0.05) is 29.8 Å². The van der Waals surface area contributed by atoms with Crippen molar-refractivity contribution in [3.05, 3.63) is 57.7 Å². The van der Waals surface area contributed by atoms with Crippen LogP contribution in [-0.2, 0) is 6.42 Å². The van der Waals surface area contributed by atoms with Crippen LogP contribution < -0.4 is 10.6 Å². The van der Waals surface area contributed by atoms with Crippen LogP contribution in [-0.4, -0.2) is 24.5 Å². The van der Waals surface area contributed by atoms with E-state index >= 15 is 0 Å². The summed E-state index contributed by atoms with van der Waals surface area (Å²) in [7, 11) is 1.64. The molecular formula is C16H18BrN3O. The number of benzene rings is 1. The SMILES string of the molecule is CNC(=O)c1cccc(CCNc2cc(C)c(Br)cn2)c1. The van der Waals surface area contributed by atoms with Gasteiger partial charge in [-0.2, -0.15) is 0 Å². The molecule has 0 bridgehead atoms. The third-order valence-electron chi connectivity index (χ3n) is 3.18. The van der Waals surface area contributed by atoms with Crippen LogP contribution in [0.15, 0.2) is 41.0 Å². The molecule has 21 heavy (non-hydrogen) atoms. The molecule has 0 saturated heterocycles. The maximum Gasteiger partial charge on any atom is 0.251 e. The Bertz CT molecular complexity index is 643. The molecule has 2 N–H and O–H groups in total. The van der Waals surface area contributed by atoms with Crippen molar-refractivity contribution < 1.29 is 4.79 Å². The molecule has 0 spiro atoms. The summed E-state index contributed by atoms with van der Waals surface area (Å²) in [6.45, 7) is 2.80. The third-order valence-corrected chi connectivity index (χ3v) is 4.01. The lowest BCUT2D eigenvalue weighted by atomic mass is 10.1. The lowest BCUT2D eigenvalue weighted by Gasteiger charge is -2.08. The number of carbonyl (C=O) groups is 1. The number of hydrogen-bond donors (Lipinski definition) is 2. The molecule has 0 fully saturated rings. The highest BCUT2D eigenvalue weighted by atomic mass is 79.9. The van der Waals surface area contributed by atoms with Crippen LogP contribution in [0.5, 0.6) is 0 Å². The van der Waals surface area contributed by atoms with E-state index in [0.717, 1.165) is 34.4 Å². The zero-order valence-corrected chi connectivity index (χ0v) is 13.7. The molecular weight excluding hydrogens is 330 g/mol. The van der Waals surface area contributed by atoms with Gasteiger partial charge in [0.05, 0.1) is 0 Å². The maximum absolute atomic E-state index is 11.6. The van der Waals surface area contributed by atoms with E-state index in [1.165, 1.54) is 0 Å². The number of halogens is 1. The standard InChI is InChI=1S/C16H18BrN3O/c1-11-8-15(20-10-14(11)17)19-7-6-12-4-3-5-13(9-12)16(21)18-2/h3-5,8-10H,6-7H2,1-2H3,(H,18,21)(H,19,20). The minimum Gasteiger partial charge on any atom is -0.370 e. The number of carbonyl (C=O) groups excluding carboxylic acids is 1. The number of pyridine rings is 1. The van der Waals surface area contributed by atoms with Crippen LogP contribution in [0.3, 0.4) is 0 Å². The molecule has 1 heterocycles. The van der Waals surface area contributed by atoms with Crippen LogP contribution in [0.4, 0.5) is 5.82 Å². The van der Waals surface area contributed by atoms with Crippen molar-refractivity contribution in [1.82, 2.24) is 10.3 Å². The van der Waals surface area contributed by atoms with Gasteiger partial charge in [-0.05, 0) is 58.6 Å². The van der Waals surface area contributed by atoms with Crippen LogP contribution in [0.25, 0.3) is 0 Å². The molecule has 0 aliphatic heterocycles. The molecule has 1 aromatic carbocycles. The number of nitrogens with one attached hydrogen (secondary N) is 2. The molecule has 0 unspecified atom stereocenters. The Labute approximate surface area is 133 Å². The molecule has 1 amide bonds. The fraction of sp³-hybridized carbons (Fsp3) is 0.250. The van der Waals surface area contributed by atoms with E-state index in [-0.39, 0.29) is 5.91 Å². The van der Waals surface area contributed by atoms with Crippen molar-refractivity contribution in [2.45, 2.75) is 13.3 Å².